The van der Waals surface area contributed by atoms with E-state index in [4.69, 9.17) is 4.74 Å². The molecule has 0 radical (unpaired) electrons. The number of aromatic carboxylic acids is 1. The van der Waals surface area contributed by atoms with Crippen LogP contribution >= 0.6 is 0 Å². The van der Waals surface area contributed by atoms with Crippen LogP contribution in [0.2, 0.25) is 0 Å². The van der Waals surface area contributed by atoms with Crippen molar-refractivity contribution in [3.8, 4) is 5.75 Å². The van der Waals surface area contributed by atoms with E-state index in [1.807, 2.05) is 31.2 Å². The van der Waals surface area contributed by atoms with Gasteiger partial charge in [0.15, 0.2) is 0 Å². The lowest BCUT2D eigenvalue weighted by Gasteiger charge is -2.07. The second-order valence-corrected chi connectivity index (χ2v) is 4.21. The van der Waals surface area contributed by atoms with Gasteiger partial charge in [-0.25, -0.2) is 0 Å². The number of carboxylic acids is 1. The molecule has 0 heterocycles. The van der Waals surface area contributed by atoms with Crippen LogP contribution in [0.15, 0.2) is 53.6 Å². The summed E-state index contributed by atoms with van der Waals surface area (Å²) in [4.78, 5) is 10.8. The predicted octanol–water partition coefficient (Wildman–Crippen LogP) is 1.89. The Kier molecular flexibility index (Phi) is 4.93. The number of carbonyl (C=O) groups excluding carboxylic acids is 1. The topological polar surface area (TPSA) is 73.8 Å². The molecule has 1 N–H and O–H groups in total. The van der Waals surface area contributed by atoms with E-state index in [1.54, 1.807) is 18.3 Å². The average molecular weight is 283 g/mol. The molecule has 2 rings (SSSR count). The first-order valence-electron chi connectivity index (χ1n) is 6.53. The Morgan fingerprint density at radius 2 is 2.10 bits per heavy atom. The van der Waals surface area contributed by atoms with Gasteiger partial charge in [-0.1, -0.05) is 24.3 Å². The molecule has 5 nitrogen and oxygen atoms in total. The molecule has 0 saturated carbocycles. The van der Waals surface area contributed by atoms with Crippen molar-refractivity contribution in [3.05, 3.63) is 59.7 Å². The molecule has 108 valence electrons. The van der Waals surface area contributed by atoms with Crippen LogP contribution in [0.4, 0.5) is 5.69 Å². The van der Waals surface area contributed by atoms with Crippen LogP contribution in [-0.2, 0) is 0 Å². The summed E-state index contributed by atoms with van der Waals surface area (Å²) in [5.74, 6) is -0.474. The SMILES string of the molecule is CCOc1ccccc1/C=N\Nc1cccc(C(=O)[O-])c1. The number of anilines is 1. The highest BCUT2D eigenvalue weighted by Crippen LogP contribution is 2.16. The highest BCUT2D eigenvalue weighted by Gasteiger charge is 1.99. The van der Waals surface area contributed by atoms with Crippen molar-refractivity contribution in [1.29, 1.82) is 0 Å². The minimum atomic E-state index is -1.22. The van der Waals surface area contributed by atoms with E-state index in [2.05, 4.69) is 10.5 Å². The Balaban J connectivity index is 2.09. The summed E-state index contributed by atoms with van der Waals surface area (Å²) >= 11 is 0. The molecule has 5 heteroatoms. The van der Waals surface area contributed by atoms with Gasteiger partial charge in [0.2, 0.25) is 0 Å². The van der Waals surface area contributed by atoms with Gasteiger partial charge < -0.3 is 14.6 Å². The van der Waals surface area contributed by atoms with E-state index in [-0.39, 0.29) is 5.56 Å². The van der Waals surface area contributed by atoms with E-state index in [1.165, 1.54) is 12.1 Å². The lowest BCUT2D eigenvalue weighted by Crippen LogP contribution is -2.22. The first kappa shape index (κ1) is 14.6. The molecule has 2 aromatic rings. The number of nitrogens with zero attached hydrogens (tertiary/aromatic N) is 1. The molecule has 21 heavy (non-hydrogen) atoms. The highest BCUT2D eigenvalue weighted by molar-refractivity contribution is 5.87. The maximum atomic E-state index is 10.8. The molecule has 0 atom stereocenters. The molecular formula is C16H15N2O3-. The third-order valence-electron chi connectivity index (χ3n) is 2.71. The Bertz CT molecular complexity index is 653. The van der Waals surface area contributed by atoms with E-state index < -0.39 is 5.97 Å². The lowest BCUT2D eigenvalue weighted by atomic mass is 10.2. The fourth-order valence-electron chi connectivity index (χ4n) is 1.77. The molecule has 0 aliphatic rings. The number of hydrogen-bond donors (Lipinski definition) is 1. The molecule has 0 bridgehead atoms. The Morgan fingerprint density at radius 1 is 1.29 bits per heavy atom. The second kappa shape index (κ2) is 7.09. The summed E-state index contributed by atoms with van der Waals surface area (Å²) in [6, 6.07) is 13.8. The molecule has 0 aliphatic heterocycles. The first-order valence-corrected chi connectivity index (χ1v) is 6.53. The molecule has 2 aromatic carbocycles. The van der Waals surface area contributed by atoms with Crippen LogP contribution in [-0.4, -0.2) is 18.8 Å². The number of hydrogen-bond acceptors (Lipinski definition) is 5. The molecular weight excluding hydrogens is 268 g/mol. The van der Waals surface area contributed by atoms with Crippen molar-refractivity contribution >= 4 is 17.9 Å². The minimum absolute atomic E-state index is 0.102. The van der Waals surface area contributed by atoms with Crippen LogP contribution in [0, 0.1) is 0 Å². The predicted molar refractivity (Wildman–Crippen MR) is 79.6 cm³/mol. The van der Waals surface area contributed by atoms with Crippen LogP contribution in [0.25, 0.3) is 0 Å². The summed E-state index contributed by atoms with van der Waals surface area (Å²) in [6.45, 7) is 2.49. The third-order valence-corrected chi connectivity index (χ3v) is 2.71. The zero-order chi connectivity index (χ0) is 15.1. The number of ether oxygens (including phenoxy) is 1. The number of para-hydroxylation sites is 1. The number of rotatable bonds is 6. The van der Waals surface area contributed by atoms with Crippen molar-refractivity contribution < 1.29 is 14.6 Å². The largest absolute Gasteiger partial charge is 0.545 e. The summed E-state index contributed by atoms with van der Waals surface area (Å²) in [5.41, 5.74) is 4.29. The average Bonchev–Trinajstić information content (AvgIpc) is 2.49. The molecule has 0 aromatic heterocycles. The van der Waals surface area contributed by atoms with Crippen molar-refractivity contribution in [1.82, 2.24) is 0 Å². The van der Waals surface area contributed by atoms with Gasteiger partial charge >= 0.3 is 0 Å². The van der Waals surface area contributed by atoms with Gasteiger partial charge in [-0.2, -0.15) is 5.10 Å². The zero-order valence-corrected chi connectivity index (χ0v) is 11.6. The van der Waals surface area contributed by atoms with Crippen molar-refractivity contribution in [2.75, 3.05) is 12.0 Å². The fourth-order valence-corrected chi connectivity index (χ4v) is 1.77. The summed E-state index contributed by atoms with van der Waals surface area (Å²) in [5, 5.41) is 14.9. The zero-order valence-electron chi connectivity index (χ0n) is 11.6. The number of carbonyl (C=O) groups is 1. The van der Waals surface area contributed by atoms with Gasteiger partial charge in [0, 0.05) is 5.56 Å². The standard InChI is InChI=1S/C16H16N2O3/c1-2-21-15-9-4-3-6-13(15)11-17-18-14-8-5-7-12(10-14)16(19)20/h3-11,18H,2H2,1H3,(H,19,20)/p-1/b17-11-. The number of benzene rings is 2. The summed E-state index contributed by atoms with van der Waals surface area (Å²) < 4.78 is 5.49. The lowest BCUT2D eigenvalue weighted by molar-refractivity contribution is -0.255. The van der Waals surface area contributed by atoms with Crippen LogP contribution < -0.4 is 15.3 Å². The van der Waals surface area contributed by atoms with E-state index in [0.717, 1.165) is 11.3 Å². The monoisotopic (exact) mass is 283 g/mol. The molecule has 0 spiro atoms. The normalized spacial score (nSPS) is 10.5. The number of hydrazone groups is 1. The molecule has 0 aliphatic carbocycles. The minimum Gasteiger partial charge on any atom is -0.545 e. The van der Waals surface area contributed by atoms with Crippen LogP contribution in [0.5, 0.6) is 5.75 Å². The van der Waals surface area contributed by atoms with Gasteiger partial charge in [-0.15, -0.1) is 0 Å². The molecule has 0 saturated heterocycles. The Morgan fingerprint density at radius 3 is 2.86 bits per heavy atom. The van der Waals surface area contributed by atoms with E-state index in [0.29, 0.717) is 12.3 Å². The van der Waals surface area contributed by atoms with E-state index in [9.17, 15) is 9.90 Å². The van der Waals surface area contributed by atoms with Crippen LogP contribution in [0.1, 0.15) is 22.8 Å². The van der Waals surface area contributed by atoms with Gasteiger partial charge in [-0.05, 0) is 36.8 Å². The van der Waals surface area contributed by atoms with Crippen molar-refractivity contribution in [3.63, 3.8) is 0 Å². The van der Waals surface area contributed by atoms with Crippen molar-refractivity contribution in [2.45, 2.75) is 6.92 Å². The number of carboxylic acid groups (broad SMARTS) is 1. The molecule has 0 fully saturated rings. The summed E-state index contributed by atoms with van der Waals surface area (Å²) in [6.07, 6.45) is 1.62. The molecule has 0 unspecified atom stereocenters. The maximum Gasteiger partial charge on any atom is 0.128 e. The summed E-state index contributed by atoms with van der Waals surface area (Å²) in [7, 11) is 0. The smallest absolute Gasteiger partial charge is 0.128 e. The molecule has 0 amide bonds. The third kappa shape index (κ3) is 4.07. The quantitative estimate of drug-likeness (QED) is 0.649. The Labute approximate surface area is 122 Å². The highest BCUT2D eigenvalue weighted by atomic mass is 16.5. The van der Waals surface area contributed by atoms with Gasteiger partial charge in [-0.3, -0.25) is 5.43 Å². The Hall–Kier alpha value is -2.82. The van der Waals surface area contributed by atoms with Crippen molar-refractivity contribution in [2.24, 2.45) is 5.10 Å². The second-order valence-electron chi connectivity index (χ2n) is 4.21. The van der Waals surface area contributed by atoms with Gasteiger partial charge in [0.25, 0.3) is 0 Å². The first-order chi connectivity index (χ1) is 10.2. The van der Waals surface area contributed by atoms with Crippen LogP contribution in [0.3, 0.4) is 0 Å². The van der Waals surface area contributed by atoms with E-state index >= 15 is 0 Å². The van der Waals surface area contributed by atoms with Gasteiger partial charge in [0.1, 0.15) is 5.75 Å². The fraction of sp³-hybridized carbons (Fsp3) is 0.125. The number of nitrogens with one attached hydrogen (secondary N) is 1. The van der Waals surface area contributed by atoms with Gasteiger partial charge in [0.05, 0.1) is 24.5 Å². The maximum absolute atomic E-state index is 10.8.